The molecule has 5 aromatic rings. The molecule has 212 valence electrons. The van der Waals surface area contributed by atoms with E-state index in [0.717, 1.165) is 84.8 Å². The minimum absolute atomic E-state index is 0.146. The Morgan fingerprint density at radius 2 is 1.26 bits per heavy atom. The van der Waals surface area contributed by atoms with E-state index in [2.05, 4.69) is 87.5 Å². The summed E-state index contributed by atoms with van der Waals surface area (Å²) >= 11 is 12.5. The van der Waals surface area contributed by atoms with Crippen LogP contribution in [0.5, 0.6) is 0 Å². The van der Waals surface area contributed by atoms with Crippen LogP contribution in [0.15, 0.2) is 97.1 Å². The first-order chi connectivity index (χ1) is 20.6. The SMILES string of the molecule is Clc1ccc(C(c2ccc(Cl)cc2)N2CCN(Cc3nc(N4CCc5ccccc5C4)c4ccccc4n3)CC2)cc1. The summed E-state index contributed by atoms with van der Waals surface area (Å²) in [4.78, 5) is 17.7. The fraction of sp³-hybridized carbons (Fsp3) is 0.257. The van der Waals surface area contributed by atoms with E-state index in [4.69, 9.17) is 33.2 Å². The molecule has 7 rings (SSSR count). The van der Waals surface area contributed by atoms with E-state index in [-0.39, 0.29) is 6.04 Å². The average molecular weight is 595 g/mol. The van der Waals surface area contributed by atoms with Gasteiger partial charge in [0.2, 0.25) is 0 Å². The molecule has 0 atom stereocenters. The number of benzene rings is 4. The van der Waals surface area contributed by atoms with Gasteiger partial charge in [0, 0.05) is 54.7 Å². The normalized spacial score (nSPS) is 16.2. The van der Waals surface area contributed by atoms with Crippen molar-refractivity contribution >= 4 is 39.9 Å². The zero-order valence-electron chi connectivity index (χ0n) is 23.5. The molecule has 1 aromatic heterocycles. The second kappa shape index (κ2) is 12.0. The Kier molecular flexibility index (Phi) is 7.83. The summed E-state index contributed by atoms with van der Waals surface area (Å²) in [5, 5.41) is 2.63. The van der Waals surface area contributed by atoms with Gasteiger partial charge in [0.05, 0.1) is 18.1 Å². The lowest BCUT2D eigenvalue weighted by molar-refractivity contribution is 0.103. The van der Waals surface area contributed by atoms with Crippen LogP contribution in [0, 0.1) is 0 Å². The standard InChI is InChI=1S/C35H33Cl2N5/c36-29-13-9-26(10-14-29)34(27-11-15-30(37)16-12-27)41-21-19-40(20-22-41)24-33-38-32-8-4-3-7-31(32)35(39-33)42-18-17-25-5-1-2-6-28(25)23-42/h1-16,34H,17-24H2. The van der Waals surface area contributed by atoms with Crippen LogP contribution in [0.3, 0.4) is 0 Å². The minimum atomic E-state index is 0.146. The van der Waals surface area contributed by atoms with Crippen molar-refractivity contribution in [1.29, 1.82) is 0 Å². The second-order valence-electron chi connectivity index (χ2n) is 11.2. The highest BCUT2D eigenvalue weighted by atomic mass is 35.5. The quantitative estimate of drug-likeness (QED) is 0.205. The molecule has 4 aromatic carbocycles. The third kappa shape index (κ3) is 5.75. The summed E-state index contributed by atoms with van der Waals surface area (Å²) in [5.74, 6) is 1.94. The highest BCUT2D eigenvalue weighted by molar-refractivity contribution is 6.30. The van der Waals surface area contributed by atoms with Gasteiger partial charge < -0.3 is 4.90 Å². The molecule has 2 aliphatic heterocycles. The molecule has 7 heteroatoms. The van der Waals surface area contributed by atoms with Crippen LogP contribution in [0.2, 0.25) is 10.0 Å². The number of aromatic nitrogens is 2. The molecule has 0 N–H and O–H groups in total. The van der Waals surface area contributed by atoms with Crippen LogP contribution in [-0.2, 0) is 19.5 Å². The van der Waals surface area contributed by atoms with Crippen molar-refractivity contribution in [2.24, 2.45) is 0 Å². The van der Waals surface area contributed by atoms with E-state index in [0.29, 0.717) is 0 Å². The number of para-hydroxylation sites is 1. The molecule has 0 amide bonds. The van der Waals surface area contributed by atoms with Crippen molar-refractivity contribution in [1.82, 2.24) is 19.8 Å². The first-order valence-electron chi connectivity index (χ1n) is 14.7. The molecule has 1 saturated heterocycles. The van der Waals surface area contributed by atoms with Gasteiger partial charge in [-0.25, -0.2) is 9.97 Å². The van der Waals surface area contributed by atoms with Crippen LogP contribution in [-0.4, -0.2) is 52.5 Å². The van der Waals surface area contributed by atoms with Crippen LogP contribution in [0.25, 0.3) is 10.9 Å². The largest absolute Gasteiger partial charge is 0.351 e. The molecule has 0 saturated carbocycles. The number of piperazine rings is 1. The topological polar surface area (TPSA) is 35.5 Å². The Morgan fingerprint density at radius 3 is 1.95 bits per heavy atom. The van der Waals surface area contributed by atoms with Gasteiger partial charge in [-0.1, -0.05) is 83.9 Å². The summed E-state index contributed by atoms with van der Waals surface area (Å²) in [6, 6.07) is 33.8. The summed E-state index contributed by atoms with van der Waals surface area (Å²) in [7, 11) is 0. The number of rotatable bonds is 6. The number of hydrogen-bond acceptors (Lipinski definition) is 5. The van der Waals surface area contributed by atoms with Gasteiger partial charge >= 0.3 is 0 Å². The van der Waals surface area contributed by atoms with Crippen LogP contribution in [0.1, 0.15) is 34.1 Å². The lowest BCUT2D eigenvalue weighted by Crippen LogP contribution is -2.47. The van der Waals surface area contributed by atoms with Crippen molar-refractivity contribution in [2.45, 2.75) is 25.6 Å². The number of nitrogens with zero attached hydrogens (tertiary/aromatic N) is 5. The molecule has 0 aliphatic carbocycles. The molecule has 0 spiro atoms. The van der Waals surface area contributed by atoms with Crippen LogP contribution >= 0.6 is 23.2 Å². The van der Waals surface area contributed by atoms with Gasteiger partial charge in [-0.05, 0) is 65.1 Å². The maximum Gasteiger partial charge on any atom is 0.145 e. The molecule has 5 nitrogen and oxygen atoms in total. The number of hydrogen-bond donors (Lipinski definition) is 0. The lowest BCUT2D eigenvalue weighted by atomic mass is 9.96. The van der Waals surface area contributed by atoms with Crippen LogP contribution < -0.4 is 4.90 Å². The van der Waals surface area contributed by atoms with Gasteiger partial charge in [-0.2, -0.15) is 0 Å². The Balaban J connectivity index is 1.10. The average Bonchev–Trinajstić information content (AvgIpc) is 3.03. The third-order valence-corrected chi connectivity index (χ3v) is 9.07. The van der Waals surface area contributed by atoms with Crippen molar-refractivity contribution < 1.29 is 0 Å². The van der Waals surface area contributed by atoms with Crippen LogP contribution in [0.4, 0.5) is 5.82 Å². The third-order valence-electron chi connectivity index (χ3n) is 8.57. The van der Waals surface area contributed by atoms with E-state index < -0.39 is 0 Å². The van der Waals surface area contributed by atoms with Gasteiger partial charge in [0.15, 0.2) is 0 Å². The molecule has 42 heavy (non-hydrogen) atoms. The van der Waals surface area contributed by atoms with E-state index in [1.165, 1.54) is 22.3 Å². The molecule has 3 heterocycles. The smallest absolute Gasteiger partial charge is 0.145 e. The van der Waals surface area contributed by atoms with Gasteiger partial charge in [0.1, 0.15) is 11.6 Å². The number of anilines is 1. The predicted octanol–water partition coefficient (Wildman–Crippen LogP) is 7.41. The molecule has 0 unspecified atom stereocenters. The Morgan fingerprint density at radius 1 is 0.643 bits per heavy atom. The zero-order valence-corrected chi connectivity index (χ0v) is 25.0. The highest BCUT2D eigenvalue weighted by Gasteiger charge is 2.27. The summed E-state index contributed by atoms with van der Waals surface area (Å²) in [6.07, 6.45) is 1.04. The molecule has 1 fully saturated rings. The molecule has 0 bridgehead atoms. The number of fused-ring (bicyclic) bond motifs is 2. The van der Waals surface area contributed by atoms with Crippen molar-refractivity contribution in [2.75, 3.05) is 37.6 Å². The monoisotopic (exact) mass is 593 g/mol. The minimum Gasteiger partial charge on any atom is -0.351 e. The molecule has 2 aliphatic rings. The Labute approximate surface area is 257 Å². The summed E-state index contributed by atoms with van der Waals surface area (Å²) in [6.45, 7) is 6.36. The molecule has 0 radical (unpaired) electrons. The van der Waals surface area contributed by atoms with E-state index in [1.54, 1.807) is 0 Å². The Hall–Kier alpha value is -3.48. The Bertz CT molecular complexity index is 1640. The van der Waals surface area contributed by atoms with Crippen molar-refractivity contribution in [3.8, 4) is 0 Å². The maximum atomic E-state index is 6.23. The van der Waals surface area contributed by atoms with E-state index in [1.807, 2.05) is 24.3 Å². The zero-order chi connectivity index (χ0) is 28.5. The van der Waals surface area contributed by atoms with Gasteiger partial charge in [-0.3, -0.25) is 9.80 Å². The summed E-state index contributed by atoms with van der Waals surface area (Å²) < 4.78 is 0. The van der Waals surface area contributed by atoms with Crippen molar-refractivity contribution in [3.05, 3.63) is 135 Å². The van der Waals surface area contributed by atoms with Crippen molar-refractivity contribution in [3.63, 3.8) is 0 Å². The van der Waals surface area contributed by atoms with E-state index in [9.17, 15) is 0 Å². The fourth-order valence-electron chi connectivity index (χ4n) is 6.38. The summed E-state index contributed by atoms with van der Waals surface area (Å²) in [5.41, 5.74) is 6.32. The van der Waals surface area contributed by atoms with E-state index >= 15 is 0 Å². The highest BCUT2D eigenvalue weighted by Crippen LogP contribution is 2.32. The maximum absolute atomic E-state index is 6.23. The molecular weight excluding hydrogens is 561 g/mol. The lowest BCUT2D eigenvalue weighted by Gasteiger charge is -2.39. The second-order valence-corrected chi connectivity index (χ2v) is 12.1. The number of halogens is 2. The first kappa shape index (κ1) is 27.4. The van der Waals surface area contributed by atoms with Gasteiger partial charge in [0.25, 0.3) is 0 Å². The first-order valence-corrected chi connectivity index (χ1v) is 15.4. The predicted molar refractivity (Wildman–Crippen MR) is 172 cm³/mol. The molecular formula is C35H33Cl2N5. The fourth-order valence-corrected chi connectivity index (χ4v) is 6.63. The van der Waals surface area contributed by atoms with Gasteiger partial charge in [-0.15, -0.1) is 0 Å².